The molecule has 42 heavy (non-hydrogen) atoms. The molecule has 0 radical (unpaired) electrons. The molecule has 1 aliphatic heterocycles. The van der Waals surface area contributed by atoms with Gasteiger partial charge in [0.15, 0.2) is 0 Å². The number of nitrogens with one attached hydrogen (secondary N) is 3. The summed E-state index contributed by atoms with van der Waals surface area (Å²) in [6.45, 7) is 4.65. The zero-order chi connectivity index (χ0) is 29.1. The SMILES string of the molecule is COCCN1CC(NC(=O)Nc2c(C)c(-c3cnc(NC4CC4)nc3)nn2-c2ccccc2)C(c2ccc(F)cc2)C1. The molecule has 2 amide bonds. The molecule has 2 atom stereocenters. The zero-order valence-corrected chi connectivity index (χ0v) is 23.8. The predicted molar refractivity (Wildman–Crippen MR) is 159 cm³/mol. The van der Waals surface area contributed by atoms with Gasteiger partial charge in [0, 0.05) is 62.2 Å². The van der Waals surface area contributed by atoms with Gasteiger partial charge in [-0.15, -0.1) is 0 Å². The van der Waals surface area contributed by atoms with Crippen LogP contribution < -0.4 is 16.0 Å². The lowest BCUT2D eigenvalue weighted by Gasteiger charge is -2.21. The first-order valence-electron chi connectivity index (χ1n) is 14.3. The number of likely N-dealkylation sites (tertiary alicyclic amines) is 1. The van der Waals surface area contributed by atoms with Crippen molar-refractivity contribution in [1.29, 1.82) is 0 Å². The van der Waals surface area contributed by atoms with Gasteiger partial charge in [-0.3, -0.25) is 10.2 Å². The van der Waals surface area contributed by atoms with E-state index in [1.807, 2.05) is 37.3 Å². The monoisotopic (exact) mass is 570 g/mol. The highest BCUT2D eigenvalue weighted by atomic mass is 19.1. The first-order valence-corrected chi connectivity index (χ1v) is 14.3. The molecule has 218 valence electrons. The Labute approximate surface area is 244 Å². The van der Waals surface area contributed by atoms with Crippen molar-refractivity contribution in [2.45, 2.75) is 37.8 Å². The minimum atomic E-state index is -0.340. The number of urea groups is 1. The van der Waals surface area contributed by atoms with Crippen LogP contribution in [0.3, 0.4) is 0 Å². The lowest BCUT2D eigenvalue weighted by atomic mass is 9.94. The minimum absolute atomic E-state index is 0.00353. The average Bonchev–Trinajstić information content (AvgIpc) is 3.65. The van der Waals surface area contributed by atoms with Crippen LogP contribution in [0, 0.1) is 12.7 Å². The number of rotatable bonds is 10. The van der Waals surface area contributed by atoms with E-state index >= 15 is 0 Å². The molecule has 2 unspecified atom stereocenters. The van der Waals surface area contributed by atoms with Gasteiger partial charge in [-0.1, -0.05) is 30.3 Å². The smallest absolute Gasteiger partial charge is 0.320 e. The van der Waals surface area contributed by atoms with Crippen molar-refractivity contribution >= 4 is 17.8 Å². The summed E-state index contributed by atoms with van der Waals surface area (Å²) >= 11 is 0. The van der Waals surface area contributed by atoms with E-state index in [0.29, 0.717) is 36.7 Å². The normalized spacial score (nSPS) is 18.6. The number of carbonyl (C=O) groups is 1. The standard InChI is InChI=1S/C31H35FN8O2/c1-20-28(22-16-33-30(34-17-22)35-24-12-13-24)38-40(25-6-4-3-5-7-25)29(20)37-31(41)36-27-19-39(14-15-42-2)18-26(27)21-8-10-23(32)11-9-21/h3-11,16-17,24,26-27H,12-15,18-19H2,1-2H3,(H,33,34,35)(H2,36,37,41). The molecule has 2 fully saturated rings. The highest BCUT2D eigenvalue weighted by Gasteiger charge is 2.35. The Balaban J connectivity index is 1.25. The van der Waals surface area contributed by atoms with Gasteiger partial charge in [0.1, 0.15) is 17.3 Å². The molecule has 4 aromatic rings. The maximum Gasteiger partial charge on any atom is 0.320 e. The van der Waals surface area contributed by atoms with Crippen molar-refractivity contribution in [3.05, 3.63) is 83.9 Å². The largest absolute Gasteiger partial charge is 0.383 e. The van der Waals surface area contributed by atoms with Crippen LogP contribution in [-0.2, 0) is 4.74 Å². The van der Waals surface area contributed by atoms with Crippen molar-refractivity contribution in [3.8, 4) is 16.9 Å². The van der Waals surface area contributed by atoms with Crippen molar-refractivity contribution in [3.63, 3.8) is 0 Å². The number of hydrogen-bond donors (Lipinski definition) is 3. The first kappa shape index (κ1) is 27.8. The fourth-order valence-electron chi connectivity index (χ4n) is 5.40. The summed E-state index contributed by atoms with van der Waals surface area (Å²) in [7, 11) is 1.68. The summed E-state index contributed by atoms with van der Waals surface area (Å²) in [6.07, 6.45) is 5.79. The van der Waals surface area contributed by atoms with Crippen LogP contribution in [0.25, 0.3) is 16.9 Å². The van der Waals surface area contributed by atoms with Crippen LogP contribution >= 0.6 is 0 Å². The molecule has 1 aliphatic carbocycles. The molecule has 2 aromatic heterocycles. The molecule has 3 N–H and O–H groups in total. The summed E-state index contributed by atoms with van der Waals surface area (Å²) in [4.78, 5) is 24.8. The molecular weight excluding hydrogens is 535 g/mol. The molecule has 0 bridgehead atoms. The second-order valence-corrected chi connectivity index (χ2v) is 10.9. The third kappa shape index (κ3) is 6.27. The molecule has 10 nitrogen and oxygen atoms in total. The number of ether oxygens (including phenoxy) is 1. The molecule has 11 heteroatoms. The Morgan fingerprint density at radius 2 is 1.79 bits per heavy atom. The molecular formula is C31H35FN8O2. The van der Waals surface area contributed by atoms with E-state index < -0.39 is 0 Å². The summed E-state index contributed by atoms with van der Waals surface area (Å²) < 4.78 is 20.7. The molecule has 0 spiro atoms. The van der Waals surface area contributed by atoms with E-state index in [4.69, 9.17) is 9.84 Å². The number of benzene rings is 2. The summed E-state index contributed by atoms with van der Waals surface area (Å²) in [6, 6.07) is 16.1. The van der Waals surface area contributed by atoms with Gasteiger partial charge in [0.25, 0.3) is 0 Å². The van der Waals surface area contributed by atoms with E-state index in [9.17, 15) is 9.18 Å². The lowest BCUT2D eigenvalue weighted by molar-refractivity contribution is 0.159. The van der Waals surface area contributed by atoms with Gasteiger partial charge in [-0.2, -0.15) is 5.10 Å². The van der Waals surface area contributed by atoms with Gasteiger partial charge >= 0.3 is 6.03 Å². The number of hydrogen-bond acceptors (Lipinski definition) is 7. The fraction of sp³-hybridized carbons (Fsp3) is 0.355. The first-order chi connectivity index (χ1) is 20.5. The summed E-state index contributed by atoms with van der Waals surface area (Å²) in [5.74, 6) is 0.881. The molecule has 3 heterocycles. The number of anilines is 2. The Kier molecular flexibility index (Phi) is 8.11. The van der Waals surface area contributed by atoms with Crippen molar-refractivity contribution in [2.24, 2.45) is 0 Å². The van der Waals surface area contributed by atoms with E-state index in [0.717, 1.165) is 48.3 Å². The summed E-state index contributed by atoms with van der Waals surface area (Å²) in [5, 5.41) is 14.4. The van der Waals surface area contributed by atoms with Gasteiger partial charge < -0.3 is 15.4 Å². The number of carbonyl (C=O) groups excluding carboxylic acids is 1. The van der Waals surface area contributed by atoms with Crippen LogP contribution in [0.2, 0.25) is 0 Å². The van der Waals surface area contributed by atoms with Crippen LogP contribution in [0.1, 0.15) is 29.9 Å². The second-order valence-electron chi connectivity index (χ2n) is 10.9. The number of nitrogens with zero attached hydrogens (tertiary/aromatic N) is 5. The number of methoxy groups -OCH3 is 1. The van der Waals surface area contributed by atoms with E-state index in [2.05, 4.69) is 30.8 Å². The van der Waals surface area contributed by atoms with Gasteiger partial charge in [0.2, 0.25) is 5.95 Å². The zero-order valence-electron chi connectivity index (χ0n) is 23.8. The number of halogens is 1. The van der Waals surface area contributed by atoms with Crippen molar-refractivity contribution < 1.29 is 13.9 Å². The highest BCUT2D eigenvalue weighted by molar-refractivity contribution is 5.91. The quantitative estimate of drug-likeness (QED) is 0.256. The van der Waals surface area contributed by atoms with Gasteiger partial charge in [-0.25, -0.2) is 23.8 Å². The topological polar surface area (TPSA) is 109 Å². The van der Waals surface area contributed by atoms with Gasteiger partial charge in [0.05, 0.1) is 18.3 Å². The van der Waals surface area contributed by atoms with Crippen LogP contribution in [0.5, 0.6) is 0 Å². The molecule has 2 aliphatic rings. The van der Waals surface area contributed by atoms with E-state index in [-0.39, 0.29) is 23.8 Å². The maximum absolute atomic E-state index is 13.7. The molecule has 6 rings (SSSR count). The minimum Gasteiger partial charge on any atom is -0.383 e. The third-order valence-electron chi connectivity index (χ3n) is 7.81. The maximum atomic E-state index is 13.7. The Morgan fingerprint density at radius 3 is 2.48 bits per heavy atom. The molecule has 1 saturated heterocycles. The average molecular weight is 571 g/mol. The third-order valence-corrected chi connectivity index (χ3v) is 7.81. The Bertz CT molecular complexity index is 1510. The fourth-order valence-corrected chi connectivity index (χ4v) is 5.40. The Hall–Kier alpha value is -4.35. The van der Waals surface area contributed by atoms with Crippen molar-refractivity contribution in [2.75, 3.05) is 44.0 Å². The van der Waals surface area contributed by atoms with E-state index in [1.54, 1.807) is 36.3 Å². The molecule has 2 aromatic carbocycles. The summed E-state index contributed by atoms with van der Waals surface area (Å²) in [5.41, 5.74) is 4.03. The van der Waals surface area contributed by atoms with Crippen LogP contribution in [0.15, 0.2) is 67.0 Å². The number of aromatic nitrogens is 4. The number of amides is 2. The highest BCUT2D eigenvalue weighted by Crippen LogP contribution is 2.32. The lowest BCUT2D eigenvalue weighted by Crippen LogP contribution is -2.42. The number of para-hydroxylation sites is 1. The Morgan fingerprint density at radius 1 is 1.05 bits per heavy atom. The van der Waals surface area contributed by atoms with Crippen LogP contribution in [0.4, 0.5) is 21.0 Å². The van der Waals surface area contributed by atoms with Crippen molar-refractivity contribution in [1.82, 2.24) is 30.0 Å². The van der Waals surface area contributed by atoms with Crippen LogP contribution in [-0.4, -0.2) is 76.1 Å². The van der Waals surface area contributed by atoms with Gasteiger partial charge in [-0.05, 0) is 49.6 Å². The second kappa shape index (κ2) is 12.3. The van der Waals surface area contributed by atoms with E-state index in [1.165, 1.54) is 12.1 Å². The predicted octanol–water partition coefficient (Wildman–Crippen LogP) is 4.59. The molecule has 1 saturated carbocycles.